The van der Waals surface area contributed by atoms with Gasteiger partial charge in [-0.15, -0.1) is 0 Å². The zero-order chi connectivity index (χ0) is 20.2. The number of benzene rings is 3. The van der Waals surface area contributed by atoms with Gasteiger partial charge in [-0.1, -0.05) is 43.3 Å². The van der Waals surface area contributed by atoms with Crippen molar-refractivity contribution < 1.29 is 9.53 Å². The van der Waals surface area contributed by atoms with Gasteiger partial charge in [0.25, 0.3) is 5.91 Å². The van der Waals surface area contributed by atoms with Crippen molar-refractivity contribution in [2.24, 2.45) is 0 Å². The minimum absolute atomic E-state index is 0.160. The Balaban J connectivity index is 1.60. The number of ether oxygens (including phenoxy) is 1. The van der Waals surface area contributed by atoms with E-state index in [1.165, 1.54) is 0 Å². The van der Waals surface area contributed by atoms with E-state index < -0.39 is 0 Å². The topological polar surface area (TPSA) is 44.8 Å². The molecule has 1 heterocycles. The van der Waals surface area contributed by atoms with Crippen molar-refractivity contribution in [1.29, 1.82) is 0 Å². The summed E-state index contributed by atoms with van der Waals surface area (Å²) in [7, 11) is 1.60. The zero-order valence-corrected chi connectivity index (χ0v) is 17.0. The van der Waals surface area contributed by atoms with E-state index in [0.29, 0.717) is 11.3 Å². The molecule has 3 aromatic carbocycles. The number of hydrogen-bond donors (Lipinski definition) is 1. The highest BCUT2D eigenvalue weighted by atomic mass is 16.5. The fourth-order valence-corrected chi connectivity index (χ4v) is 3.92. The molecule has 0 unspecified atom stereocenters. The number of carbonyl (C=O) groups excluding carboxylic acids is 1. The Morgan fingerprint density at radius 3 is 2.31 bits per heavy atom. The summed E-state index contributed by atoms with van der Waals surface area (Å²) in [6, 6.07) is 19.8. The second kappa shape index (κ2) is 8.53. The molecule has 5 nitrogen and oxygen atoms in total. The van der Waals surface area contributed by atoms with Crippen LogP contribution in [-0.4, -0.2) is 50.6 Å². The minimum atomic E-state index is -0.160. The van der Waals surface area contributed by atoms with E-state index in [9.17, 15) is 4.79 Å². The highest BCUT2D eigenvalue weighted by molar-refractivity contribution is 6.10. The maximum atomic E-state index is 13.2. The van der Waals surface area contributed by atoms with Crippen LogP contribution in [0.4, 0.5) is 11.4 Å². The molecule has 1 fully saturated rings. The van der Waals surface area contributed by atoms with Gasteiger partial charge in [-0.05, 0) is 41.6 Å². The van der Waals surface area contributed by atoms with Crippen molar-refractivity contribution in [2.75, 3.05) is 50.1 Å². The molecule has 1 amide bonds. The van der Waals surface area contributed by atoms with Crippen LogP contribution < -0.4 is 15.0 Å². The number of para-hydroxylation sites is 2. The first-order valence-corrected chi connectivity index (χ1v) is 10.1. The van der Waals surface area contributed by atoms with E-state index >= 15 is 0 Å². The Bertz CT molecular complexity index is 1010. The van der Waals surface area contributed by atoms with Crippen molar-refractivity contribution in [3.05, 3.63) is 66.2 Å². The maximum absolute atomic E-state index is 13.2. The average molecular weight is 389 g/mol. The maximum Gasteiger partial charge on any atom is 0.259 e. The second-order valence-corrected chi connectivity index (χ2v) is 7.29. The lowest BCUT2D eigenvalue weighted by Gasteiger charge is -2.36. The van der Waals surface area contributed by atoms with Gasteiger partial charge in [0.05, 0.1) is 24.0 Å². The first-order valence-electron chi connectivity index (χ1n) is 10.1. The molecule has 5 heteroatoms. The molecular formula is C24H27N3O2. The van der Waals surface area contributed by atoms with Crippen molar-refractivity contribution in [3.63, 3.8) is 0 Å². The number of nitrogens with zero attached hydrogens (tertiary/aromatic N) is 2. The number of fused-ring (bicyclic) bond motifs is 1. The van der Waals surface area contributed by atoms with Crippen molar-refractivity contribution in [1.82, 2.24) is 4.90 Å². The van der Waals surface area contributed by atoms with Crippen LogP contribution >= 0.6 is 0 Å². The van der Waals surface area contributed by atoms with Crippen LogP contribution in [-0.2, 0) is 0 Å². The third kappa shape index (κ3) is 4.05. The fourth-order valence-electron chi connectivity index (χ4n) is 3.92. The molecule has 0 atom stereocenters. The van der Waals surface area contributed by atoms with Crippen molar-refractivity contribution >= 4 is 28.1 Å². The lowest BCUT2D eigenvalue weighted by molar-refractivity contribution is 0.102. The molecule has 3 aromatic rings. The minimum Gasteiger partial charge on any atom is -0.496 e. The van der Waals surface area contributed by atoms with E-state index in [1.807, 2.05) is 54.6 Å². The van der Waals surface area contributed by atoms with Gasteiger partial charge in [0.15, 0.2) is 0 Å². The Morgan fingerprint density at radius 1 is 0.966 bits per heavy atom. The molecule has 0 aromatic heterocycles. The molecular weight excluding hydrogens is 362 g/mol. The fraction of sp³-hybridized carbons (Fsp3) is 0.292. The summed E-state index contributed by atoms with van der Waals surface area (Å²) in [5.74, 6) is 0.419. The van der Waals surface area contributed by atoms with Gasteiger partial charge in [-0.2, -0.15) is 0 Å². The number of carbonyl (C=O) groups is 1. The lowest BCUT2D eigenvalue weighted by Crippen LogP contribution is -2.46. The molecule has 1 N–H and O–H groups in total. The Kier molecular flexibility index (Phi) is 5.67. The number of rotatable bonds is 5. The van der Waals surface area contributed by atoms with Crippen LogP contribution in [0, 0.1) is 0 Å². The number of hydrogen-bond acceptors (Lipinski definition) is 4. The molecule has 29 heavy (non-hydrogen) atoms. The van der Waals surface area contributed by atoms with Crippen LogP contribution in [0.5, 0.6) is 5.75 Å². The van der Waals surface area contributed by atoms with E-state index in [4.69, 9.17) is 4.74 Å². The van der Waals surface area contributed by atoms with Gasteiger partial charge in [0.2, 0.25) is 0 Å². The molecule has 0 radical (unpaired) electrons. The number of amides is 1. The largest absolute Gasteiger partial charge is 0.496 e. The monoisotopic (exact) mass is 389 g/mol. The Hall–Kier alpha value is -3.05. The highest BCUT2D eigenvalue weighted by Crippen LogP contribution is 2.30. The van der Waals surface area contributed by atoms with Crippen molar-refractivity contribution in [3.8, 4) is 5.75 Å². The SMILES string of the molecule is CCN1CCN(c2ccccc2NC(=O)c2cc3ccccc3cc2OC)CC1. The Labute approximate surface area is 171 Å². The lowest BCUT2D eigenvalue weighted by atomic mass is 10.0. The molecule has 1 saturated heterocycles. The number of piperazine rings is 1. The standard InChI is InChI=1S/C24H27N3O2/c1-3-26-12-14-27(15-13-26)22-11-7-6-10-21(22)25-24(28)20-16-18-8-4-5-9-19(18)17-23(20)29-2/h4-11,16-17H,3,12-15H2,1-2H3,(H,25,28). The normalized spacial score (nSPS) is 14.8. The summed E-state index contributed by atoms with van der Waals surface area (Å²) < 4.78 is 5.51. The smallest absolute Gasteiger partial charge is 0.259 e. The third-order valence-corrected chi connectivity index (χ3v) is 5.62. The van der Waals surface area contributed by atoms with Gasteiger partial charge in [-0.3, -0.25) is 4.79 Å². The van der Waals surface area contributed by atoms with Crippen LogP contribution in [0.2, 0.25) is 0 Å². The molecule has 0 spiro atoms. The summed E-state index contributed by atoms with van der Waals surface area (Å²) in [6.07, 6.45) is 0. The zero-order valence-electron chi connectivity index (χ0n) is 17.0. The molecule has 1 aliphatic heterocycles. The number of anilines is 2. The van der Waals surface area contributed by atoms with E-state index in [1.54, 1.807) is 7.11 Å². The van der Waals surface area contributed by atoms with E-state index in [0.717, 1.165) is 54.9 Å². The van der Waals surface area contributed by atoms with Gasteiger partial charge < -0.3 is 19.9 Å². The second-order valence-electron chi connectivity index (χ2n) is 7.29. The first kappa shape index (κ1) is 19.3. The van der Waals surface area contributed by atoms with Gasteiger partial charge in [0, 0.05) is 26.2 Å². The first-order chi connectivity index (χ1) is 14.2. The quantitative estimate of drug-likeness (QED) is 0.709. The summed E-state index contributed by atoms with van der Waals surface area (Å²) >= 11 is 0. The number of nitrogens with one attached hydrogen (secondary N) is 1. The average Bonchev–Trinajstić information content (AvgIpc) is 2.78. The van der Waals surface area contributed by atoms with Crippen LogP contribution in [0.15, 0.2) is 60.7 Å². The third-order valence-electron chi connectivity index (χ3n) is 5.62. The predicted octanol–water partition coefficient (Wildman–Crippen LogP) is 4.24. The summed E-state index contributed by atoms with van der Waals surface area (Å²) in [5.41, 5.74) is 2.44. The Morgan fingerprint density at radius 2 is 1.62 bits per heavy atom. The van der Waals surface area contributed by atoms with Crippen molar-refractivity contribution in [2.45, 2.75) is 6.92 Å². The molecule has 0 saturated carbocycles. The summed E-state index contributed by atoms with van der Waals surface area (Å²) in [6.45, 7) is 7.27. The van der Waals surface area contributed by atoms with Crippen LogP contribution in [0.1, 0.15) is 17.3 Å². The number of likely N-dealkylation sites (N-methyl/N-ethyl adjacent to an activating group) is 1. The molecule has 4 rings (SSSR count). The van der Waals surface area contributed by atoms with Gasteiger partial charge in [-0.25, -0.2) is 0 Å². The highest BCUT2D eigenvalue weighted by Gasteiger charge is 2.20. The molecule has 0 aliphatic carbocycles. The number of methoxy groups -OCH3 is 1. The predicted molar refractivity (Wildman–Crippen MR) is 119 cm³/mol. The van der Waals surface area contributed by atoms with E-state index in [-0.39, 0.29) is 5.91 Å². The summed E-state index contributed by atoms with van der Waals surface area (Å²) in [5, 5.41) is 5.18. The summed E-state index contributed by atoms with van der Waals surface area (Å²) in [4.78, 5) is 17.9. The van der Waals surface area contributed by atoms with Crippen LogP contribution in [0.3, 0.4) is 0 Å². The van der Waals surface area contributed by atoms with E-state index in [2.05, 4.69) is 28.1 Å². The molecule has 150 valence electrons. The molecule has 1 aliphatic rings. The van der Waals surface area contributed by atoms with Gasteiger partial charge in [0.1, 0.15) is 5.75 Å². The molecule has 0 bridgehead atoms. The van der Waals surface area contributed by atoms with Crippen LogP contribution in [0.25, 0.3) is 10.8 Å². The van der Waals surface area contributed by atoms with Gasteiger partial charge >= 0.3 is 0 Å².